The molecule has 5 rings (SSSR count). The number of cyclic esters (lactones) is 1. The Morgan fingerprint density at radius 1 is 1.10 bits per heavy atom. The zero-order chi connectivity index (χ0) is 19.8. The van der Waals surface area contributed by atoms with Crippen LogP contribution in [-0.4, -0.2) is 48.8 Å². The van der Waals surface area contributed by atoms with Gasteiger partial charge >= 0.3 is 6.09 Å². The third kappa shape index (κ3) is 3.50. The van der Waals surface area contributed by atoms with Crippen LogP contribution in [0.5, 0.6) is 0 Å². The monoisotopic (exact) mass is 393 g/mol. The third-order valence-electron chi connectivity index (χ3n) is 6.24. The van der Waals surface area contributed by atoms with Crippen LogP contribution in [0.4, 0.5) is 22.1 Å². The molecule has 7 heteroatoms. The summed E-state index contributed by atoms with van der Waals surface area (Å²) >= 11 is 0. The lowest BCUT2D eigenvalue weighted by molar-refractivity contribution is 0.181. The number of carbonyl (C=O) groups is 1. The average Bonchev–Trinajstić information content (AvgIpc) is 3.18. The third-order valence-corrected chi connectivity index (χ3v) is 6.24. The number of hydrogen-bond donors (Lipinski definition) is 0. The molecule has 3 aliphatic heterocycles. The fourth-order valence-corrected chi connectivity index (χ4v) is 4.73. The van der Waals surface area contributed by atoms with Gasteiger partial charge in [-0.2, -0.15) is 0 Å². The quantitative estimate of drug-likeness (QED) is 0.798. The van der Waals surface area contributed by atoms with Gasteiger partial charge in [-0.3, -0.25) is 4.90 Å². The van der Waals surface area contributed by atoms with Crippen molar-refractivity contribution in [3.63, 3.8) is 0 Å². The normalized spacial score (nSPS) is 21.9. The van der Waals surface area contributed by atoms with Crippen molar-refractivity contribution in [1.29, 1.82) is 0 Å². The fourth-order valence-electron chi connectivity index (χ4n) is 4.73. The molecule has 0 aliphatic carbocycles. The van der Waals surface area contributed by atoms with E-state index in [2.05, 4.69) is 38.8 Å². The lowest BCUT2D eigenvalue weighted by Gasteiger charge is -2.34. The minimum Gasteiger partial charge on any atom is -0.447 e. The smallest absolute Gasteiger partial charge is 0.414 e. The number of aromatic nitrogens is 2. The summed E-state index contributed by atoms with van der Waals surface area (Å²) in [5.74, 6) is 2.71. The molecule has 1 amide bonds. The molecule has 0 bridgehead atoms. The SMILES string of the molecule is CC1CCCN(c2cc(N3CCc4c(cccc4N4CCOC4=O)C3)ncn2)C1. The van der Waals surface area contributed by atoms with Crippen LogP contribution in [0.2, 0.25) is 0 Å². The largest absolute Gasteiger partial charge is 0.447 e. The molecule has 3 aliphatic rings. The number of amides is 1. The minimum atomic E-state index is -0.239. The van der Waals surface area contributed by atoms with Gasteiger partial charge in [-0.25, -0.2) is 14.8 Å². The average molecular weight is 393 g/mol. The van der Waals surface area contributed by atoms with Crippen molar-refractivity contribution in [3.05, 3.63) is 41.7 Å². The summed E-state index contributed by atoms with van der Waals surface area (Å²) in [4.78, 5) is 27.6. The van der Waals surface area contributed by atoms with E-state index in [1.165, 1.54) is 24.0 Å². The minimum absolute atomic E-state index is 0.239. The van der Waals surface area contributed by atoms with E-state index >= 15 is 0 Å². The molecular formula is C22H27N5O2. The predicted octanol–water partition coefficient (Wildman–Crippen LogP) is 3.23. The van der Waals surface area contributed by atoms with Crippen LogP contribution < -0.4 is 14.7 Å². The first-order chi connectivity index (χ1) is 14.2. The Morgan fingerprint density at radius 3 is 2.76 bits per heavy atom. The van der Waals surface area contributed by atoms with Crippen LogP contribution in [0.3, 0.4) is 0 Å². The molecule has 0 saturated carbocycles. The van der Waals surface area contributed by atoms with Gasteiger partial charge in [-0.05, 0) is 42.4 Å². The Bertz CT molecular complexity index is 918. The van der Waals surface area contributed by atoms with E-state index in [0.717, 1.165) is 49.9 Å². The topological polar surface area (TPSA) is 61.8 Å². The van der Waals surface area contributed by atoms with E-state index in [1.807, 2.05) is 12.1 Å². The molecule has 4 heterocycles. The molecular weight excluding hydrogens is 366 g/mol. The highest BCUT2D eigenvalue weighted by molar-refractivity contribution is 5.90. The highest BCUT2D eigenvalue weighted by Crippen LogP contribution is 2.32. The van der Waals surface area contributed by atoms with Crippen molar-refractivity contribution in [2.45, 2.75) is 32.7 Å². The first-order valence-electron chi connectivity index (χ1n) is 10.6. The van der Waals surface area contributed by atoms with Crippen LogP contribution in [0.25, 0.3) is 0 Å². The van der Waals surface area contributed by atoms with Gasteiger partial charge in [0.25, 0.3) is 0 Å². The Morgan fingerprint density at radius 2 is 1.97 bits per heavy atom. The molecule has 0 spiro atoms. The number of nitrogens with zero attached hydrogens (tertiary/aromatic N) is 5. The van der Waals surface area contributed by atoms with E-state index in [4.69, 9.17) is 4.74 Å². The Kier molecular flexibility index (Phi) is 4.73. The molecule has 1 unspecified atom stereocenters. The van der Waals surface area contributed by atoms with E-state index < -0.39 is 0 Å². The molecule has 2 aromatic rings. The van der Waals surface area contributed by atoms with E-state index in [0.29, 0.717) is 19.1 Å². The predicted molar refractivity (Wildman–Crippen MR) is 113 cm³/mol. The standard InChI is InChI=1S/C22H27N5O2/c1-16-4-3-8-25(13-16)20-12-21(24-15-23-20)26-9-7-18-17(14-26)5-2-6-19(18)27-10-11-29-22(27)28/h2,5-6,12,15-16H,3-4,7-11,13-14H2,1H3. The molecule has 1 aromatic carbocycles. The summed E-state index contributed by atoms with van der Waals surface area (Å²) in [6, 6.07) is 8.34. The second-order valence-electron chi connectivity index (χ2n) is 8.28. The number of benzene rings is 1. The molecule has 7 nitrogen and oxygen atoms in total. The second-order valence-corrected chi connectivity index (χ2v) is 8.28. The van der Waals surface area contributed by atoms with Crippen molar-refractivity contribution in [3.8, 4) is 0 Å². The molecule has 2 saturated heterocycles. The van der Waals surface area contributed by atoms with Crippen molar-refractivity contribution < 1.29 is 9.53 Å². The number of rotatable bonds is 3. The summed E-state index contributed by atoms with van der Waals surface area (Å²) in [6.07, 6.45) is 4.85. The van der Waals surface area contributed by atoms with Crippen LogP contribution in [0.1, 0.15) is 30.9 Å². The summed E-state index contributed by atoms with van der Waals surface area (Å²) in [7, 11) is 0. The van der Waals surface area contributed by atoms with Crippen molar-refractivity contribution in [2.75, 3.05) is 47.5 Å². The summed E-state index contributed by atoms with van der Waals surface area (Å²) in [5.41, 5.74) is 3.50. The molecule has 152 valence electrons. The highest BCUT2D eigenvalue weighted by atomic mass is 16.6. The molecule has 1 atom stereocenters. The summed E-state index contributed by atoms with van der Waals surface area (Å²) < 4.78 is 5.13. The van der Waals surface area contributed by atoms with Gasteiger partial charge in [0, 0.05) is 32.2 Å². The fraction of sp³-hybridized carbons (Fsp3) is 0.500. The lowest BCUT2D eigenvalue weighted by atomic mass is 9.97. The molecule has 1 aromatic heterocycles. The van der Waals surface area contributed by atoms with Crippen molar-refractivity contribution in [2.24, 2.45) is 5.92 Å². The van der Waals surface area contributed by atoms with Gasteiger partial charge in [-0.15, -0.1) is 0 Å². The zero-order valence-electron chi connectivity index (χ0n) is 16.9. The maximum atomic E-state index is 12.0. The van der Waals surface area contributed by atoms with E-state index in [1.54, 1.807) is 11.2 Å². The van der Waals surface area contributed by atoms with Gasteiger partial charge in [0.2, 0.25) is 0 Å². The number of ether oxygens (including phenoxy) is 1. The van der Waals surface area contributed by atoms with Gasteiger partial charge in [0.1, 0.15) is 24.6 Å². The molecule has 0 N–H and O–H groups in total. The Balaban J connectivity index is 1.37. The van der Waals surface area contributed by atoms with Crippen LogP contribution in [-0.2, 0) is 17.7 Å². The summed E-state index contributed by atoms with van der Waals surface area (Å²) in [5, 5.41) is 0. The maximum Gasteiger partial charge on any atom is 0.414 e. The number of fused-ring (bicyclic) bond motifs is 1. The van der Waals surface area contributed by atoms with E-state index in [-0.39, 0.29) is 6.09 Å². The zero-order valence-corrected chi connectivity index (χ0v) is 16.9. The number of piperidine rings is 1. The number of anilines is 3. The van der Waals surface area contributed by atoms with Gasteiger partial charge in [0.05, 0.1) is 12.2 Å². The number of hydrogen-bond acceptors (Lipinski definition) is 6. The van der Waals surface area contributed by atoms with E-state index in [9.17, 15) is 4.79 Å². The molecule has 29 heavy (non-hydrogen) atoms. The molecule has 0 radical (unpaired) electrons. The van der Waals surface area contributed by atoms with Crippen molar-refractivity contribution >= 4 is 23.4 Å². The Hall–Kier alpha value is -2.83. The molecule has 2 fully saturated rings. The maximum absolute atomic E-state index is 12.0. The highest BCUT2D eigenvalue weighted by Gasteiger charge is 2.29. The lowest BCUT2D eigenvalue weighted by Crippen LogP contribution is -2.36. The number of carbonyl (C=O) groups excluding carboxylic acids is 1. The van der Waals surface area contributed by atoms with Gasteiger partial charge in [-0.1, -0.05) is 19.1 Å². The first kappa shape index (κ1) is 18.2. The van der Waals surface area contributed by atoms with Crippen LogP contribution in [0.15, 0.2) is 30.6 Å². The van der Waals surface area contributed by atoms with Gasteiger partial charge < -0.3 is 14.5 Å². The van der Waals surface area contributed by atoms with Crippen LogP contribution in [0, 0.1) is 5.92 Å². The van der Waals surface area contributed by atoms with Crippen molar-refractivity contribution in [1.82, 2.24) is 9.97 Å². The van der Waals surface area contributed by atoms with Gasteiger partial charge in [0.15, 0.2) is 0 Å². The van der Waals surface area contributed by atoms with Crippen LogP contribution >= 0.6 is 0 Å². The second kappa shape index (κ2) is 7.54. The summed E-state index contributed by atoms with van der Waals surface area (Å²) in [6.45, 7) is 7.20. The first-order valence-corrected chi connectivity index (χ1v) is 10.6. The Labute approximate surface area is 171 Å².